The normalized spacial score (nSPS) is 18.5. The van der Waals surface area contributed by atoms with Crippen LogP contribution in [0.3, 0.4) is 0 Å². The van der Waals surface area contributed by atoms with Gasteiger partial charge in [0.2, 0.25) is 0 Å². The largest absolute Gasteiger partial charge is 0.379 e. The SMILES string of the molecule is CC(NCCN1CCOCC1)c1ccc(F)cc1Cl. The number of halogens is 2. The molecule has 3 nitrogen and oxygen atoms in total. The Hall–Kier alpha value is -0.680. The van der Waals surface area contributed by atoms with Crippen molar-refractivity contribution in [1.29, 1.82) is 0 Å². The fourth-order valence-electron chi connectivity index (χ4n) is 2.23. The molecule has 0 bridgehead atoms. The zero-order valence-electron chi connectivity index (χ0n) is 11.2. The van der Waals surface area contributed by atoms with Gasteiger partial charge in [0.25, 0.3) is 0 Å². The Kier molecular flexibility index (Phi) is 5.58. The smallest absolute Gasteiger partial charge is 0.124 e. The zero-order chi connectivity index (χ0) is 13.7. The molecule has 0 aliphatic carbocycles. The third-order valence-corrected chi connectivity index (χ3v) is 3.74. The Labute approximate surface area is 118 Å². The molecule has 1 aliphatic rings. The van der Waals surface area contributed by atoms with E-state index in [0.29, 0.717) is 5.02 Å². The van der Waals surface area contributed by atoms with Crippen LogP contribution < -0.4 is 5.32 Å². The molecule has 1 aliphatic heterocycles. The summed E-state index contributed by atoms with van der Waals surface area (Å²) in [7, 11) is 0. The molecule has 0 amide bonds. The van der Waals surface area contributed by atoms with Crippen molar-refractivity contribution < 1.29 is 9.13 Å². The maximum Gasteiger partial charge on any atom is 0.124 e. The zero-order valence-corrected chi connectivity index (χ0v) is 11.9. The minimum atomic E-state index is -0.297. The van der Waals surface area contributed by atoms with Crippen molar-refractivity contribution in [3.63, 3.8) is 0 Å². The van der Waals surface area contributed by atoms with Gasteiger partial charge in [-0.15, -0.1) is 0 Å². The molecular formula is C14H20ClFN2O. The summed E-state index contributed by atoms with van der Waals surface area (Å²) in [5.41, 5.74) is 0.935. The summed E-state index contributed by atoms with van der Waals surface area (Å²) in [6.07, 6.45) is 0. The van der Waals surface area contributed by atoms with Crippen LogP contribution in [0.1, 0.15) is 18.5 Å². The van der Waals surface area contributed by atoms with Gasteiger partial charge >= 0.3 is 0 Å². The summed E-state index contributed by atoms with van der Waals surface area (Å²) >= 11 is 6.05. The Morgan fingerprint density at radius 2 is 2.16 bits per heavy atom. The second kappa shape index (κ2) is 7.20. The number of hydrogen-bond donors (Lipinski definition) is 1. The summed E-state index contributed by atoms with van der Waals surface area (Å²) in [6.45, 7) is 7.54. The lowest BCUT2D eigenvalue weighted by atomic mass is 10.1. The van der Waals surface area contributed by atoms with E-state index in [1.54, 1.807) is 6.07 Å². The number of hydrogen-bond acceptors (Lipinski definition) is 3. The highest BCUT2D eigenvalue weighted by Gasteiger charge is 2.12. The van der Waals surface area contributed by atoms with E-state index in [-0.39, 0.29) is 11.9 Å². The van der Waals surface area contributed by atoms with E-state index in [1.807, 2.05) is 6.92 Å². The van der Waals surface area contributed by atoms with Crippen molar-refractivity contribution >= 4 is 11.6 Å². The highest BCUT2D eigenvalue weighted by atomic mass is 35.5. The van der Waals surface area contributed by atoms with Crippen LogP contribution in [-0.4, -0.2) is 44.3 Å². The molecule has 106 valence electrons. The molecule has 2 rings (SSSR count). The number of nitrogens with zero attached hydrogens (tertiary/aromatic N) is 1. The molecule has 1 aromatic carbocycles. The van der Waals surface area contributed by atoms with Gasteiger partial charge in [-0.1, -0.05) is 17.7 Å². The number of ether oxygens (including phenoxy) is 1. The molecule has 1 heterocycles. The second-order valence-corrected chi connectivity index (χ2v) is 5.20. The van der Waals surface area contributed by atoms with Crippen LogP contribution in [0.5, 0.6) is 0 Å². The first-order valence-electron chi connectivity index (χ1n) is 6.65. The van der Waals surface area contributed by atoms with E-state index >= 15 is 0 Å². The van der Waals surface area contributed by atoms with E-state index in [0.717, 1.165) is 45.0 Å². The van der Waals surface area contributed by atoms with Crippen LogP contribution in [0.25, 0.3) is 0 Å². The van der Waals surface area contributed by atoms with Gasteiger partial charge in [-0.3, -0.25) is 4.90 Å². The van der Waals surface area contributed by atoms with Gasteiger partial charge < -0.3 is 10.1 Å². The molecular weight excluding hydrogens is 267 g/mol. The molecule has 1 unspecified atom stereocenters. The van der Waals surface area contributed by atoms with Gasteiger partial charge in [0.1, 0.15) is 5.82 Å². The molecule has 1 N–H and O–H groups in total. The predicted octanol–water partition coefficient (Wildman–Crippen LogP) is 2.46. The average Bonchev–Trinajstić information content (AvgIpc) is 2.39. The molecule has 0 aromatic heterocycles. The highest BCUT2D eigenvalue weighted by Crippen LogP contribution is 2.23. The van der Waals surface area contributed by atoms with Gasteiger partial charge in [-0.2, -0.15) is 0 Å². The standard InChI is InChI=1S/C14H20ClFN2O/c1-11(13-3-2-12(16)10-14(13)15)17-4-5-18-6-8-19-9-7-18/h2-3,10-11,17H,4-9H2,1H3. The van der Waals surface area contributed by atoms with Crippen LogP contribution >= 0.6 is 11.6 Å². The van der Waals surface area contributed by atoms with E-state index < -0.39 is 0 Å². The Balaban J connectivity index is 1.78. The van der Waals surface area contributed by atoms with E-state index in [9.17, 15) is 4.39 Å². The lowest BCUT2D eigenvalue weighted by Crippen LogP contribution is -2.40. The van der Waals surface area contributed by atoms with Gasteiger partial charge in [0, 0.05) is 37.2 Å². The van der Waals surface area contributed by atoms with E-state index in [4.69, 9.17) is 16.3 Å². The van der Waals surface area contributed by atoms with Crippen LogP contribution in [0.15, 0.2) is 18.2 Å². The lowest BCUT2D eigenvalue weighted by molar-refractivity contribution is 0.0382. The molecule has 0 radical (unpaired) electrons. The molecule has 1 fully saturated rings. The van der Waals surface area contributed by atoms with Gasteiger partial charge in [0.05, 0.1) is 13.2 Å². The first kappa shape index (κ1) is 14.7. The van der Waals surface area contributed by atoms with Crippen molar-refractivity contribution in [2.45, 2.75) is 13.0 Å². The third-order valence-electron chi connectivity index (χ3n) is 3.41. The molecule has 19 heavy (non-hydrogen) atoms. The van der Waals surface area contributed by atoms with Crippen molar-refractivity contribution in [3.05, 3.63) is 34.6 Å². The predicted molar refractivity (Wildman–Crippen MR) is 75.1 cm³/mol. The van der Waals surface area contributed by atoms with Gasteiger partial charge in [-0.05, 0) is 24.6 Å². The Morgan fingerprint density at radius 3 is 2.84 bits per heavy atom. The maximum atomic E-state index is 13.0. The number of nitrogens with one attached hydrogen (secondary N) is 1. The number of rotatable bonds is 5. The first-order valence-corrected chi connectivity index (χ1v) is 7.03. The minimum absolute atomic E-state index is 0.120. The molecule has 1 aromatic rings. The summed E-state index contributed by atoms with van der Waals surface area (Å²) in [5, 5.41) is 3.90. The van der Waals surface area contributed by atoms with Crippen molar-refractivity contribution in [1.82, 2.24) is 10.2 Å². The number of morpholine rings is 1. The summed E-state index contributed by atoms with van der Waals surface area (Å²) in [5.74, 6) is -0.297. The van der Waals surface area contributed by atoms with Crippen molar-refractivity contribution in [3.8, 4) is 0 Å². The Bertz CT molecular complexity index is 410. The Morgan fingerprint density at radius 1 is 1.42 bits per heavy atom. The molecule has 0 saturated carbocycles. The fraction of sp³-hybridized carbons (Fsp3) is 0.571. The molecule has 1 atom stereocenters. The van der Waals surface area contributed by atoms with Crippen LogP contribution in [0.4, 0.5) is 4.39 Å². The van der Waals surface area contributed by atoms with E-state index in [2.05, 4.69) is 10.2 Å². The third kappa shape index (κ3) is 4.42. The highest BCUT2D eigenvalue weighted by molar-refractivity contribution is 6.31. The van der Waals surface area contributed by atoms with Crippen molar-refractivity contribution in [2.24, 2.45) is 0 Å². The molecule has 1 saturated heterocycles. The maximum absolute atomic E-state index is 13.0. The number of benzene rings is 1. The quantitative estimate of drug-likeness (QED) is 0.900. The van der Waals surface area contributed by atoms with Crippen LogP contribution in [0, 0.1) is 5.82 Å². The van der Waals surface area contributed by atoms with Crippen LogP contribution in [0.2, 0.25) is 5.02 Å². The van der Waals surface area contributed by atoms with Gasteiger partial charge in [0.15, 0.2) is 0 Å². The summed E-state index contributed by atoms with van der Waals surface area (Å²) in [4.78, 5) is 2.37. The summed E-state index contributed by atoms with van der Waals surface area (Å²) < 4.78 is 18.3. The lowest BCUT2D eigenvalue weighted by Gasteiger charge is -2.27. The second-order valence-electron chi connectivity index (χ2n) is 4.80. The van der Waals surface area contributed by atoms with Gasteiger partial charge in [-0.25, -0.2) is 4.39 Å². The van der Waals surface area contributed by atoms with Crippen LogP contribution in [-0.2, 0) is 4.74 Å². The monoisotopic (exact) mass is 286 g/mol. The molecule has 0 spiro atoms. The molecule has 5 heteroatoms. The summed E-state index contributed by atoms with van der Waals surface area (Å²) in [6, 6.07) is 4.66. The average molecular weight is 287 g/mol. The topological polar surface area (TPSA) is 24.5 Å². The fourth-order valence-corrected chi connectivity index (χ4v) is 2.56. The van der Waals surface area contributed by atoms with Crippen molar-refractivity contribution in [2.75, 3.05) is 39.4 Å². The minimum Gasteiger partial charge on any atom is -0.379 e. The van der Waals surface area contributed by atoms with E-state index in [1.165, 1.54) is 12.1 Å². The first-order chi connectivity index (χ1) is 9.16.